The number of amides is 1. The van der Waals surface area contributed by atoms with Gasteiger partial charge in [-0.15, -0.1) is 0 Å². The van der Waals surface area contributed by atoms with Crippen LogP contribution >= 0.6 is 0 Å². The van der Waals surface area contributed by atoms with Gasteiger partial charge in [0.05, 0.1) is 0 Å². The van der Waals surface area contributed by atoms with Gasteiger partial charge in [0.2, 0.25) is 5.91 Å². The Kier molecular flexibility index (Phi) is 4.46. The summed E-state index contributed by atoms with van der Waals surface area (Å²) in [6, 6.07) is 0. The summed E-state index contributed by atoms with van der Waals surface area (Å²) in [4.78, 5) is 15.5. The first kappa shape index (κ1) is 12.7. The highest BCUT2D eigenvalue weighted by atomic mass is 16.1. The Morgan fingerprint density at radius 1 is 1.50 bits per heavy atom. The SMILES string of the molecule is CC(C)(C)CC(=O)NCCCc1ncn[nH]1. The molecule has 1 heterocycles. The van der Waals surface area contributed by atoms with Gasteiger partial charge in [0.25, 0.3) is 0 Å². The highest BCUT2D eigenvalue weighted by molar-refractivity contribution is 5.76. The molecule has 16 heavy (non-hydrogen) atoms. The first-order chi connectivity index (χ1) is 7.47. The molecule has 2 N–H and O–H groups in total. The maximum Gasteiger partial charge on any atom is 0.220 e. The van der Waals surface area contributed by atoms with Crippen molar-refractivity contribution in [2.75, 3.05) is 6.54 Å². The van der Waals surface area contributed by atoms with Crippen LogP contribution in [0.3, 0.4) is 0 Å². The Balaban J connectivity index is 2.09. The van der Waals surface area contributed by atoms with Gasteiger partial charge >= 0.3 is 0 Å². The minimum atomic E-state index is 0.0506. The zero-order valence-electron chi connectivity index (χ0n) is 10.2. The third kappa shape index (κ3) is 5.48. The van der Waals surface area contributed by atoms with E-state index in [0.717, 1.165) is 18.7 Å². The van der Waals surface area contributed by atoms with Crippen LogP contribution in [-0.2, 0) is 11.2 Å². The molecule has 0 spiro atoms. The molecule has 0 bridgehead atoms. The number of aryl methyl sites for hydroxylation is 1. The number of rotatable bonds is 5. The van der Waals surface area contributed by atoms with E-state index in [2.05, 4.69) is 41.3 Å². The topological polar surface area (TPSA) is 70.7 Å². The van der Waals surface area contributed by atoms with Gasteiger partial charge in [-0.05, 0) is 11.8 Å². The van der Waals surface area contributed by atoms with Gasteiger partial charge in [-0.25, -0.2) is 4.98 Å². The summed E-state index contributed by atoms with van der Waals surface area (Å²) in [7, 11) is 0. The number of aromatic amines is 1. The lowest BCUT2D eigenvalue weighted by Gasteiger charge is -2.17. The molecule has 0 aliphatic carbocycles. The van der Waals surface area contributed by atoms with E-state index >= 15 is 0 Å². The fourth-order valence-electron chi connectivity index (χ4n) is 1.38. The maximum absolute atomic E-state index is 11.5. The van der Waals surface area contributed by atoms with Crippen LogP contribution < -0.4 is 5.32 Å². The maximum atomic E-state index is 11.5. The molecule has 0 atom stereocenters. The summed E-state index contributed by atoms with van der Waals surface area (Å²) in [5.74, 6) is 0.982. The molecule has 0 aliphatic heterocycles. The average molecular weight is 224 g/mol. The summed E-state index contributed by atoms with van der Waals surface area (Å²) in [6.07, 6.45) is 3.75. The molecule has 0 saturated carbocycles. The molecule has 5 nitrogen and oxygen atoms in total. The van der Waals surface area contributed by atoms with E-state index in [9.17, 15) is 4.79 Å². The van der Waals surface area contributed by atoms with Crippen LogP contribution in [0.1, 0.15) is 39.4 Å². The molecular formula is C11H20N4O. The molecule has 1 aromatic rings. The fraction of sp³-hybridized carbons (Fsp3) is 0.727. The second-order valence-corrected chi connectivity index (χ2v) is 5.12. The van der Waals surface area contributed by atoms with E-state index in [1.165, 1.54) is 6.33 Å². The minimum Gasteiger partial charge on any atom is -0.356 e. The van der Waals surface area contributed by atoms with E-state index in [-0.39, 0.29) is 11.3 Å². The van der Waals surface area contributed by atoms with E-state index in [1.54, 1.807) is 0 Å². The smallest absolute Gasteiger partial charge is 0.220 e. The zero-order chi connectivity index (χ0) is 12.0. The van der Waals surface area contributed by atoms with Crippen molar-refractivity contribution in [2.24, 2.45) is 5.41 Å². The Hall–Kier alpha value is -1.39. The normalized spacial score (nSPS) is 11.4. The first-order valence-corrected chi connectivity index (χ1v) is 5.58. The summed E-state index contributed by atoms with van der Waals surface area (Å²) in [5.41, 5.74) is 0.0506. The molecule has 0 fully saturated rings. The van der Waals surface area contributed by atoms with Crippen molar-refractivity contribution in [1.29, 1.82) is 0 Å². The van der Waals surface area contributed by atoms with Crippen LogP contribution in [-0.4, -0.2) is 27.6 Å². The molecule has 0 saturated heterocycles. The molecule has 0 aromatic carbocycles. The summed E-state index contributed by atoms with van der Waals surface area (Å²) < 4.78 is 0. The van der Waals surface area contributed by atoms with Crippen molar-refractivity contribution in [3.63, 3.8) is 0 Å². The second kappa shape index (κ2) is 5.63. The zero-order valence-corrected chi connectivity index (χ0v) is 10.2. The van der Waals surface area contributed by atoms with Gasteiger partial charge in [0, 0.05) is 19.4 Å². The molecule has 0 unspecified atom stereocenters. The Morgan fingerprint density at radius 3 is 2.81 bits per heavy atom. The third-order valence-corrected chi connectivity index (χ3v) is 2.07. The Bertz CT molecular complexity index is 313. The van der Waals surface area contributed by atoms with Gasteiger partial charge in [0.15, 0.2) is 0 Å². The highest BCUT2D eigenvalue weighted by Crippen LogP contribution is 2.17. The molecule has 1 rings (SSSR count). The Labute approximate surface area is 96.0 Å². The van der Waals surface area contributed by atoms with Crippen LogP contribution in [0.25, 0.3) is 0 Å². The van der Waals surface area contributed by atoms with E-state index in [1.807, 2.05) is 0 Å². The molecule has 5 heteroatoms. The summed E-state index contributed by atoms with van der Waals surface area (Å²) in [5, 5.41) is 9.45. The van der Waals surface area contributed by atoms with Crippen molar-refractivity contribution in [1.82, 2.24) is 20.5 Å². The lowest BCUT2D eigenvalue weighted by molar-refractivity contribution is -0.122. The van der Waals surface area contributed by atoms with Crippen LogP contribution in [0, 0.1) is 5.41 Å². The molecule has 90 valence electrons. The first-order valence-electron chi connectivity index (χ1n) is 5.58. The number of nitrogens with zero attached hydrogens (tertiary/aromatic N) is 2. The van der Waals surface area contributed by atoms with Crippen molar-refractivity contribution >= 4 is 5.91 Å². The monoisotopic (exact) mass is 224 g/mol. The minimum absolute atomic E-state index is 0.0506. The molecule has 1 amide bonds. The molecule has 0 aliphatic rings. The van der Waals surface area contributed by atoms with Gasteiger partial charge in [-0.3, -0.25) is 9.89 Å². The third-order valence-electron chi connectivity index (χ3n) is 2.07. The average Bonchev–Trinajstić information content (AvgIpc) is 2.62. The molecule has 1 aromatic heterocycles. The van der Waals surface area contributed by atoms with Crippen molar-refractivity contribution in [3.05, 3.63) is 12.2 Å². The number of H-pyrrole nitrogens is 1. The van der Waals surface area contributed by atoms with E-state index < -0.39 is 0 Å². The van der Waals surface area contributed by atoms with Crippen molar-refractivity contribution in [2.45, 2.75) is 40.0 Å². The van der Waals surface area contributed by atoms with Crippen LogP contribution in [0.4, 0.5) is 0 Å². The van der Waals surface area contributed by atoms with Crippen LogP contribution in [0.15, 0.2) is 6.33 Å². The number of carbonyl (C=O) groups excluding carboxylic acids is 1. The Morgan fingerprint density at radius 2 is 2.25 bits per heavy atom. The van der Waals surface area contributed by atoms with Gasteiger partial charge < -0.3 is 5.32 Å². The summed E-state index contributed by atoms with van der Waals surface area (Å²) in [6.45, 7) is 6.86. The van der Waals surface area contributed by atoms with Gasteiger partial charge in [0.1, 0.15) is 12.2 Å². The predicted octanol–water partition coefficient (Wildman–Crippen LogP) is 1.29. The van der Waals surface area contributed by atoms with Gasteiger partial charge in [-0.2, -0.15) is 5.10 Å². The number of carbonyl (C=O) groups is 1. The standard InChI is InChI=1S/C11H20N4O/c1-11(2,3)7-10(16)12-6-4-5-9-13-8-14-15-9/h8H,4-7H2,1-3H3,(H,12,16)(H,13,14,15). The summed E-state index contributed by atoms with van der Waals surface area (Å²) >= 11 is 0. The second-order valence-electron chi connectivity index (χ2n) is 5.12. The van der Waals surface area contributed by atoms with Crippen molar-refractivity contribution in [3.8, 4) is 0 Å². The largest absolute Gasteiger partial charge is 0.356 e. The lowest BCUT2D eigenvalue weighted by Crippen LogP contribution is -2.28. The number of hydrogen-bond acceptors (Lipinski definition) is 3. The molecular weight excluding hydrogens is 204 g/mol. The fourth-order valence-corrected chi connectivity index (χ4v) is 1.38. The van der Waals surface area contributed by atoms with Crippen LogP contribution in [0.5, 0.6) is 0 Å². The lowest BCUT2D eigenvalue weighted by atomic mass is 9.92. The van der Waals surface area contributed by atoms with Gasteiger partial charge in [-0.1, -0.05) is 20.8 Å². The van der Waals surface area contributed by atoms with E-state index in [4.69, 9.17) is 0 Å². The number of nitrogens with one attached hydrogen (secondary N) is 2. The molecule has 0 radical (unpaired) electrons. The number of hydrogen-bond donors (Lipinski definition) is 2. The number of aromatic nitrogens is 3. The van der Waals surface area contributed by atoms with Crippen LogP contribution in [0.2, 0.25) is 0 Å². The quantitative estimate of drug-likeness (QED) is 0.740. The van der Waals surface area contributed by atoms with Crippen molar-refractivity contribution < 1.29 is 4.79 Å². The predicted molar refractivity (Wildman–Crippen MR) is 61.8 cm³/mol. The van der Waals surface area contributed by atoms with E-state index in [0.29, 0.717) is 13.0 Å². The highest BCUT2D eigenvalue weighted by Gasteiger charge is 2.15.